The van der Waals surface area contributed by atoms with Crippen molar-refractivity contribution in [1.82, 2.24) is 14.5 Å². The number of carbonyl (C=O) groups excluding carboxylic acids is 1. The van der Waals surface area contributed by atoms with Gasteiger partial charge >= 0.3 is 0 Å². The number of halogens is 1. The van der Waals surface area contributed by atoms with Crippen LogP contribution in [-0.2, 0) is 23.7 Å². The predicted octanol–water partition coefficient (Wildman–Crippen LogP) is 2.84. The first-order valence-electron chi connectivity index (χ1n) is 7.76. The molecule has 0 unspecified atom stereocenters. The molecular weight excluding hydrogens is 334 g/mol. The zero-order chi connectivity index (χ0) is 16.0. The lowest BCUT2D eigenvalue weighted by atomic mass is 9.80. The minimum atomic E-state index is -0.349. The molecule has 1 amide bonds. The molecule has 2 aliphatic rings. The number of nitrogens with zero attached hydrogens (tertiary/aromatic N) is 3. The summed E-state index contributed by atoms with van der Waals surface area (Å²) in [5, 5.41) is 1.84. The van der Waals surface area contributed by atoms with Gasteiger partial charge < -0.3 is 14.2 Å². The summed E-state index contributed by atoms with van der Waals surface area (Å²) in [7, 11) is 2.02. The van der Waals surface area contributed by atoms with Crippen molar-refractivity contribution in [3.8, 4) is 0 Å². The smallest absolute Gasteiger partial charge is 0.255 e. The average Bonchev–Trinajstić information content (AvgIpc) is 3.15. The largest absolute Gasteiger partial charge is 0.381 e. The monoisotopic (exact) mass is 351 g/mol. The fraction of sp³-hybridized carbons (Fsp3) is 0.500. The summed E-state index contributed by atoms with van der Waals surface area (Å²) in [6.07, 6.45) is 4.27. The van der Waals surface area contributed by atoms with Crippen molar-refractivity contribution in [3.63, 3.8) is 0 Å². The predicted molar refractivity (Wildman–Crippen MR) is 89.0 cm³/mol. The molecule has 0 aliphatic carbocycles. The Morgan fingerprint density at radius 2 is 2.22 bits per heavy atom. The van der Waals surface area contributed by atoms with Gasteiger partial charge in [-0.3, -0.25) is 4.79 Å². The topological polar surface area (TPSA) is 47.4 Å². The number of thiophene rings is 1. The Kier molecular flexibility index (Phi) is 3.70. The highest BCUT2D eigenvalue weighted by molar-refractivity contribution is 7.14. The van der Waals surface area contributed by atoms with Crippen molar-refractivity contribution in [2.24, 2.45) is 7.05 Å². The third-order valence-electron chi connectivity index (χ3n) is 4.97. The van der Waals surface area contributed by atoms with E-state index in [0.717, 1.165) is 25.0 Å². The summed E-state index contributed by atoms with van der Waals surface area (Å²) in [6, 6.07) is 1.76. The number of rotatable bonds is 1. The molecule has 1 spiro atoms. The molecule has 5 nitrogen and oxygen atoms in total. The van der Waals surface area contributed by atoms with E-state index < -0.39 is 0 Å². The Morgan fingerprint density at radius 1 is 1.43 bits per heavy atom. The highest BCUT2D eigenvalue weighted by Gasteiger charge is 2.48. The van der Waals surface area contributed by atoms with E-state index in [1.54, 1.807) is 6.07 Å². The van der Waals surface area contributed by atoms with Crippen LogP contribution in [0.2, 0.25) is 4.34 Å². The molecule has 0 bridgehead atoms. The maximum absolute atomic E-state index is 13.1. The number of hydrogen-bond donors (Lipinski definition) is 0. The summed E-state index contributed by atoms with van der Waals surface area (Å²) < 4.78 is 8.29. The molecule has 1 fully saturated rings. The first-order valence-corrected chi connectivity index (χ1v) is 9.02. The number of hydrogen-bond acceptors (Lipinski definition) is 4. The summed E-state index contributed by atoms with van der Waals surface area (Å²) in [5.74, 6) is 0.0475. The summed E-state index contributed by atoms with van der Waals surface area (Å²) in [4.78, 5) is 19.8. The van der Waals surface area contributed by atoms with Crippen molar-refractivity contribution in [3.05, 3.63) is 39.1 Å². The molecule has 1 saturated heterocycles. The lowest BCUT2D eigenvalue weighted by Gasteiger charge is -2.48. The lowest BCUT2D eigenvalue weighted by molar-refractivity contribution is -0.0296. The van der Waals surface area contributed by atoms with Gasteiger partial charge in [0.05, 0.1) is 27.5 Å². The van der Waals surface area contributed by atoms with Crippen LogP contribution in [0.25, 0.3) is 0 Å². The van der Waals surface area contributed by atoms with Crippen molar-refractivity contribution in [2.45, 2.75) is 24.8 Å². The van der Waals surface area contributed by atoms with Gasteiger partial charge in [-0.05, 0) is 18.9 Å². The number of fused-ring (bicyclic) bond motifs is 2. The summed E-state index contributed by atoms with van der Waals surface area (Å²) in [6.45, 7) is 2.02. The standard InChI is InChI=1S/C16H18ClN3O2S/c1-19-10-18-14-12(19)2-5-20(16(14)3-6-22-7-4-16)15(21)11-8-13(17)23-9-11/h8-10H,2-7H2,1H3. The molecule has 4 heterocycles. The van der Waals surface area contributed by atoms with E-state index in [4.69, 9.17) is 16.3 Å². The van der Waals surface area contributed by atoms with Crippen molar-refractivity contribution < 1.29 is 9.53 Å². The molecule has 2 aromatic heterocycles. The molecule has 7 heteroatoms. The van der Waals surface area contributed by atoms with E-state index in [0.29, 0.717) is 29.7 Å². The van der Waals surface area contributed by atoms with Crippen molar-refractivity contribution >= 4 is 28.8 Å². The highest BCUT2D eigenvalue weighted by Crippen LogP contribution is 2.43. The zero-order valence-corrected chi connectivity index (χ0v) is 14.5. The van der Waals surface area contributed by atoms with Crippen LogP contribution in [0, 0.1) is 0 Å². The molecule has 2 aromatic rings. The second kappa shape index (κ2) is 5.61. The average molecular weight is 352 g/mol. The third kappa shape index (κ3) is 2.31. The number of ether oxygens (including phenoxy) is 1. The van der Waals surface area contributed by atoms with E-state index in [9.17, 15) is 4.79 Å². The Bertz CT molecular complexity index is 748. The van der Waals surface area contributed by atoms with E-state index in [1.165, 1.54) is 17.0 Å². The van der Waals surface area contributed by atoms with Gasteiger partial charge in [-0.15, -0.1) is 11.3 Å². The SMILES string of the molecule is Cn1cnc2c1CCN(C(=O)c1csc(Cl)c1)C21CCOCC1. The van der Waals surface area contributed by atoms with Crippen LogP contribution in [0.5, 0.6) is 0 Å². The maximum Gasteiger partial charge on any atom is 0.255 e. The molecule has 4 rings (SSSR count). The van der Waals surface area contributed by atoms with Gasteiger partial charge in [-0.1, -0.05) is 11.6 Å². The Labute approximate surface area is 143 Å². The highest BCUT2D eigenvalue weighted by atomic mass is 35.5. The van der Waals surface area contributed by atoms with Crippen LogP contribution in [0.15, 0.2) is 17.8 Å². The molecule has 0 aromatic carbocycles. The van der Waals surface area contributed by atoms with Crippen LogP contribution >= 0.6 is 22.9 Å². The van der Waals surface area contributed by atoms with Gasteiger partial charge in [-0.2, -0.15) is 0 Å². The molecular formula is C16H18ClN3O2S. The van der Waals surface area contributed by atoms with E-state index in [1.807, 2.05) is 23.7 Å². The van der Waals surface area contributed by atoms with Crippen LogP contribution < -0.4 is 0 Å². The Morgan fingerprint density at radius 3 is 2.91 bits per heavy atom. The Balaban J connectivity index is 1.78. The second-order valence-corrected chi connectivity index (χ2v) is 7.68. The van der Waals surface area contributed by atoms with Gasteiger partial charge in [0.2, 0.25) is 0 Å². The quantitative estimate of drug-likeness (QED) is 0.793. The van der Waals surface area contributed by atoms with Crippen LogP contribution in [0.4, 0.5) is 0 Å². The van der Waals surface area contributed by atoms with Gasteiger partial charge in [0, 0.05) is 44.3 Å². The summed E-state index contributed by atoms with van der Waals surface area (Å²) in [5.41, 5.74) is 2.60. The molecule has 0 N–H and O–H groups in total. The van der Waals surface area contributed by atoms with Crippen LogP contribution in [0.1, 0.15) is 34.6 Å². The minimum Gasteiger partial charge on any atom is -0.381 e. The minimum absolute atomic E-state index is 0.0475. The number of imidazole rings is 1. The Hall–Kier alpha value is -1.37. The van der Waals surface area contributed by atoms with E-state index in [2.05, 4.69) is 9.55 Å². The first-order chi connectivity index (χ1) is 11.1. The summed E-state index contributed by atoms with van der Waals surface area (Å²) >= 11 is 7.41. The van der Waals surface area contributed by atoms with Gasteiger partial charge in [0.25, 0.3) is 5.91 Å². The fourth-order valence-corrected chi connectivity index (χ4v) is 4.64. The molecule has 122 valence electrons. The molecule has 0 saturated carbocycles. The van der Waals surface area contributed by atoms with Crippen molar-refractivity contribution in [2.75, 3.05) is 19.8 Å². The molecule has 0 radical (unpaired) electrons. The molecule has 23 heavy (non-hydrogen) atoms. The van der Waals surface area contributed by atoms with Gasteiger partial charge in [0.15, 0.2) is 0 Å². The molecule has 0 atom stereocenters. The van der Waals surface area contributed by atoms with E-state index in [-0.39, 0.29) is 11.4 Å². The van der Waals surface area contributed by atoms with Crippen LogP contribution in [-0.4, -0.2) is 40.1 Å². The number of aromatic nitrogens is 2. The van der Waals surface area contributed by atoms with Gasteiger partial charge in [-0.25, -0.2) is 4.98 Å². The van der Waals surface area contributed by atoms with Gasteiger partial charge in [0.1, 0.15) is 0 Å². The lowest BCUT2D eigenvalue weighted by Crippen LogP contribution is -2.56. The normalized spacial score (nSPS) is 19.8. The number of amides is 1. The fourth-order valence-electron chi connectivity index (χ4n) is 3.79. The van der Waals surface area contributed by atoms with Crippen LogP contribution in [0.3, 0.4) is 0 Å². The second-order valence-electron chi connectivity index (χ2n) is 6.14. The number of carbonyl (C=O) groups is 1. The number of aryl methyl sites for hydroxylation is 1. The maximum atomic E-state index is 13.1. The zero-order valence-electron chi connectivity index (χ0n) is 12.9. The van der Waals surface area contributed by atoms with E-state index >= 15 is 0 Å². The third-order valence-corrected chi connectivity index (χ3v) is 6.06. The molecule has 2 aliphatic heterocycles. The van der Waals surface area contributed by atoms with Crippen molar-refractivity contribution in [1.29, 1.82) is 0 Å². The first kappa shape index (κ1) is 15.2.